The fourth-order valence-electron chi connectivity index (χ4n) is 3.67. The van der Waals surface area contributed by atoms with Crippen LogP contribution in [0.1, 0.15) is 30.0 Å². The van der Waals surface area contributed by atoms with Crippen molar-refractivity contribution in [3.8, 4) is 0 Å². The van der Waals surface area contributed by atoms with Crippen LogP contribution in [0.4, 0.5) is 5.69 Å². The average molecular weight is 429 g/mol. The molecule has 0 aromatic heterocycles. The van der Waals surface area contributed by atoms with Gasteiger partial charge in [-0.1, -0.05) is 41.9 Å². The Bertz CT molecular complexity index is 864. The van der Waals surface area contributed by atoms with Crippen LogP contribution in [-0.4, -0.2) is 50.4 Å². The minimum atomic E-state index is -0.655. The van der Waals surface area contributed by atoms with Gasteiger partial charge < -0.3 is 15.5 Å². The summed E-state index contributed by atoms with van der Waals surface area (Å²) in [6.45, 7) is 2.59. The fourth-order valence-corrected chi connectivity index (χ4v) is 3.88. The van der Waals surface area contributed by atoms with E-state index >= 15 is 0 Å². The monoisotopic (exact) mass is 428 g/mol. The first kappa shape index (κ1) is 22.1. The molecule has 30 heavy (non-hydrogen) atoms. The van der Waals surface area contributed by atoms with Gasteiger partial charge in [-0.2, -0.15) is 0 Å². The van der Waals surface area contributed by atoms with E-state index in [0.717, 1.165) is 42.7 Å². The van der Waals surface area contributed by atoms with Crippen molar-refractivity contribution in [3.05, 3.63) is 64.7 Å². The molecular formula is C23H29ClN4O2. The van der Waals surface area contributed by atoms with Gasteiger partial charge in [-0.3, -0.25) is 14.5 Å². The first-order valence-corrected chi connectivity index (χ1v) is 10.6. The summed E-state index contributed by atoms with van der Waals surface area (Å²) in [5.74, 6) is -1.28. The zero-order valence-electron chi connectivity index (χ0n) is 17.5. The van der Waals surface area contributed by atoms with Crippen LogP contribution < -0.4 is 15.5 Å². The number of hydrogen-bond acceptors (Lipinski definition) is 4. The van der Waals surface area contributed by atoms with Gasteiger partial charge in [-0.25, -0.2) is 0 Å². The predicted octanol–water partition coefficient (Wildman–Crippen LogP) is 2.98. The molecule has 1 heterocycles. The third-order valence-corrected chi connectivity index (χ3v) is 5.80. The highest BCUT2D eigenvalue weighted by molar-refractivity contribution is 6.35. The second kappa shape index (κ2) is 10.5. The number of hydrogen-bond donors (Lipinski definition) is 2. The van der Waals surface area contributed by atoms with Gasteiger partial charge in [-0.15, -0.1) is 0 Å². The Labute approximate surface area is 183 Å². The Morgan fingerprint density at radius 3 is 2.27 bits per heavy atom. The average Bonchev–Trinajstić information content (AvgIpc) is 3.28. The van der Waals surface area contributed by atoms with Gasteiger partial charge in [-0.05, 0) is 55.3 Å². The number of nitrogens with zero attached hydrogens (tertiary/aromatic N) is 2. The van der Waals surface area contributed by atoms with Crippen LogP contribution in [0.5, 0.6) is 0 Å². The Morgan fingerprint density at radius 1 is 1.00 bits per heavy atom. The number of amides is 2. The molecule has 1 saturated heterocycles. The molecular weight excluding hydrogens is 400 g/mol. The van der Waals surface area contributed by atoms with E-state index in [-0.39, 0.29) is 12.6 Å². The maximum absolute atomic E-state index is 12.4. The van der Waals surface area contributed by atoms with Gasteiger partial charge in [0, 0.05) is 37.9 Å². The Morgan fingerprint density at radius 2 is 1.63 bits per heavy atom. The molecule has 160 valence electrons. The molecule has 2 amide bonds. The smallest absolute Gasteiger partial charge is 0.309 e. The molecule has 2 aromatic rings. The summed E-state index contributed by atoms with van der Waals surface area (Å²) in [6, 6.07) is 15.6. The van der Waals surface area contributed by atoms with Gasteiger partial charge >= 0.3 is 11.8 Å². The summed E-state index contributed by atoms with van der Waals surface area (Å²) in [7, 11) is 4.02. The van der Waals surface area contributed by atoms with E-state index < -0.39 is 11.8 Å². The number of anilines is 1. The highest BCUT2D eigenvalue weighted by Crippen LogP contribution is 2.26. The molecule has 1 unspecified atom stereocenters. The molecule has 0 saturated carbocycles. The largest absolute Gasteiger partial charge is 0.378 e. The first-order chi connectivity index (χ1) is 14.5. The molecule has 7 heteroatoms. The number of carbonyl (C=O) groups excluding carboxylic acids is 2. The summed E-state index contributed by atoms with van der Waals surface area (Å²) in [5, 5.41) is 6.01. The highest BCUT2D eigenvalue weighted by Gasteiger charge is 2.25. The van der Waals surface area contributed by atoms with Crippen molar-refractivity contribution >= 4 is 29.1 Å². The van der Waals surface area contributed by atoms with Crippen LogP contribution in [0, 0.1) is 0 Å². The zero-order chi connectivity index (χ0) is 21.5. The number of benzene rings is 2. The van der Waals surface area contributed by atoms with Crippen molar-refractivity contribution in [1.82, 2.24) is 15.5 Å². The molecule has 1 atom stereocenters. The quantitative estimate of drug-likeness (QED) is 0.665. The molecule has 1 aliphatic heterocycles. The molecule has 0 radical (unpaired) electrons. The summed E-state index contributed by atoms with van der Waals surface area (Å²) in [4.78, 5) is 29.0. The van der Waals surface area contributed by atoms with Crippen molar-refractivity contribution in [2.75, 3.05) is 38.6 Å². The lowest BCUT2D eigenvalue weighted by atomic mass is 10.0. The second-order valence-corrected chi connectivity index (χ2v) is 8.14. The number of rotatable bonds is 7. The van der Waals surface area contributed by atoms with Crippen molar-refractivity contribution in [2.24, 2.45) is 0 Å². The normalized spacial score (nSPS) is 14.9. The van der Waals surface area contributed by atoms with Gasteiger partial charge in [0.05, 0.1) is 6.04 Å². The second-order valence-electron chi connectivity index (χ2n) is 7.73. The molecule has 0 aliphatic carbocycles. The Hall–Kier alpha value is -2.57. The van der Waals surface area contributed by atoms with E-state index in [1.165, 1.54) is 0 Å². The molecule has 6 nitrogen and oxygen atoms in total. The van der Waals surface area contributed by atoms with E-state index in [1.54, 1.807) is 6.07 Å². The topological polar surface area (TPSA) is 64.7 Å². The number of halogens is 1. The summed E-state index contributed by atoms with van der Waals surface area (Å²) in [6.07, 6.45) is 2.30. The fraction of sp³-hybridized carbons (Fsp3) is 0.391. The molecule has 3 rings (SSSR count). The first-order valence-electron chi connectivity index (χ1n) is 10.3. The third kappa shape index (κ3) is 5.74. The lowest BCUT2D eigenvalue weighted by Crippen LogP contribution is -2.43. The maximum Gasteiger partial charge on any atom is 0.309 e. The van der Waals surface area contributed by atoms with E-state index in [0.29, 0.717) is 11.6 Å². The van der Waals surface area contributed by atoms with E-state index in [9.17, 15) is 9.59 Å². The third-order valence-electron chi connectivity index (χ3n) is 5.44. The lowest BCUT2D eigenvalue weighted by molar-refractivity contribution is -0.139. The molecule has 1 aliphatic rings. The van der Waals surface area contributed by atoms with Gasteiger partial charge in [0.25, 0.3) is 0 Å². The molecule has 2 N–H and O–H groups in total. The minimum absolute atomic E-state index is 0.0454. The van der Waals surface area contributed by atoms with E-state index in [4.69, 9.17) is 11.6 Å². The van der Waals surface area contributed by atoms with E-state index in [1.807, 2.05) is 32.3 Å². The summed E-state index contributed by atoms with van der Waals surface area (Å²) in [5.41, 5.74) is 3.04. The zero-order valence-corrected chi connectivity index (χ0v) is 18.3. The van der Waals surface area contributed by atoms with Crippen molar-refractivity contribution in [3.63, 3.8) is 0 Å². The number of carbonyl (C=O) groups is 2. The van der Waals surface area contributed by atoms with Crippen LogP contribution in [0.2, 0.25) is 5.02 Å². The van der Waals surface area contributed by atoms with Gasteiger partial charge in [0.2, 0.25) is 0 Å². The Balaban J connectivity index is 1.59. The van der Waals surface area contributed by atoms with Gasteiger partial charge in [0.1, 0.15) is 0 Å². The molecule has 2 aromatic carbocycles. The maximum atomic E-state index is 12.4. The lowest BCUT2D eigenvalue weighted by Gasteiger charge is -2.28. The van der Waals surface area contributed by atoms with Crippen LogP contribution in [0.3, 0.4) is 0 Å². The van der Waals surface area contributed by atoms with E-state index in [2.05, 4.69) is 44.7 Å². The summed E-state index contributed by atoms with van der Waals surface area (Å²) >= 11 is 6.10. The predicted molar refractivity (Wildman–Crippen MR) is 121 cm³/mol. The SMILES string of the molecule is CN(C)c1ccc(C(CNC(=O)C(=O)NCc2ccccc2Cl)N2CCCC2)cc1. The number of likely N-dealkylation sites (tertiary alicyclic amines) is 1. The minimum Gasteiger partial charge on any atom is -0.378 e. The molecule has 0 bridgehead atoms. The Kier molecular flexibility index (Phi) is 7.71. The molecule has 0 spiro atoms. The van der Waals surface area contributed by atoms with Crippen LogP contribution in [-0.2, 0) is 16.1 Å². The summed E-state index contributed by atoms with van der Waals surface area (Å²) < 4.78 is 0. The molecule has 1 fully saturated rings. The standard InChI is InChI=1S/C23H29ClN4O2/c1-27(2)19-11-9-17(10-12-19)21(28-13-5-6-14-28)16-26-23(30)22(29)25-15-18-7-3-4-8-20(18)24/h3-4,7-12,21H,5-6,13-16H2,1-2H3,(H,25,29)(H,26,30). The van der Waals surface area contributed by atoms with Crippen LogP contribution in [0.15, 0.2) is 48.5 Å². The van der Waals surface area contributed by atoms with Crippen molar-refractivity contribution in [2.45, 2.75) is 25.4 Å². The highest BCUT2D eigenvalue weighted by atomic mass is 35.5. The van der Waals surface area contributed by atoms with Crippen molar-refractivity contribution in [1.29, 1.82) is 0 Å². The van der Waals surface area contributed by atoms with Crippen LogP contribution in [0.25, 0.3) is 0 Å². The van der Waals surface area contributed by atoms with Crippen LogP contribution >= 0.6 is 11.6 Å². The van der Waals surface area contributed by atoms with Crippen molar-refractivity contribution < 1.29 is 9.59 Å². The van der Waals surface area contributed by atoms with Gasteiger partial charge in [0.15, 0.2) is 0 Å². The number of nitrogens with one attached hydrogen (secondary N) is 2.